The summed E-state index contributed by atoms with van der Waals surface area (Å²) in [6.07, 6.45) is -1.55. The van der Waals surface area contributed by atoms with E-state index in [1.807, 2.05) is 0 Å². The van der Waals surface area contributed by atoms with Gasteiger partial charge in [-0.1, -0.05) is 23.7 Å². The molecule has 0 radical (unpaired) electrons. The molecular formula is C11H12ClFO3. The van der Waals surface area contributed by atoms with Gasteiger partial charge in [-0.3, -0.25) is 0 Å². The molecule has 0 fully saturated rings. The third-order valence-corrected chi connectivity index (χ3v) is 2.49. The lowest BCUT2D eigenvalue weighted by Crippen LogP contribution is -2.16. The van der Waals surface area contributed by atoms with Crippen molar-refractivity contribution in [3.63, 3.8) is 0 Å². The predicted octanol–water partition coefficient (Wildman–Crippen LogP) is 2.38. The summed E-state index contributed by atoms with van der Waals surface area (Å²) in [4.78, 5) is 11.2. The van der Waals surface area contributed by atoms with E-state index in [9.17, 15) is 14.3 Å². The van der Waals surface area contributed by atoms with Crippen molar-refractivity contribution >= 4 is 17.6 Å². The van der Waals surface area contributed by atoms with Crippen LogP contribution in [0.25, 0.3) is 0 Å². The molecule has 0 aliphatic carbocycles. The number of aryl methyl sites for hydroxylation is 1. The average molecular weight is 247 g/mol. The Hall–Kier alpha value is -1.13. The van der Waals surface area contributed by atoms with Crippen LogP contribution in [0.15, 0.2) is 12.1 Å². The van der Waals surface area contributed by atoms with E-state index < -0.39 is 17.9 Å². The maximum Gasteiger partial charge on any atom is 0.339 e. The van der Waals surface area contributed by atoms with E-state index in [-0.39, 0.29) is 17.2 Å². The van der Waals surface area contributed by atoms with E-state index in [1.165, 1.54) is 12.1 Å². The number of carbonyl (C=O) groups excluding carboxylic acids is 1. The van der Waals surface area contributed by atoms with Crippen molar-refractivity contribution in [3.05, 3.63) is 34.1 Å². The van der Waals surface area contributed by atoms with Gasteiger partial charge in [-0.2, -0.15) is 0 Å². The monoisotopic (exact) mass is 246 g/mol. The molecule has 1 aromatic carbocycles. The highest BCUT2D eigenvalue weighted by Crippen LogP contribution is 2.28. The number of aliphatic hydroxyl groups excluding tert-OH is 1. The zero-order chi connectivity index (χ0) is 12.3. The van der Waals surface area contributed by atoms with Gasteiger partial charge in [0.2, 0.25) is 0 Å². The van der Waals surface area contributed by atoms with E-state index in [1.54, 1.807) is 13.8 Å². The molecule has 0 aliphatic rings. The van der Waals surface area contributed by atoms with Gasteiger partial charge in [-0.05, 0) is 19.4 Å². The van der Waals surface area contributed by atoms with Crippen LogP contribution in [0, 0.1) is 12.7 Å². The lowest BCUT2D eigenvalue weighted by Gasteiger charge is -2.12. The van der Waals surface area contributed by atoms with Gasteiger partial charge in [0.25, 0.3) is 0 Å². The number of benzene rings is 1. The minimum absolute atomic E-state index is 0.0169. The zero-order valence-corrected chi connectivity index (χ0v) is 9.71. The van der Waals surface area contributed by atoms with Crippen LogP contribution in [0.2, 0.25) is 5.02 Å². The summed E-state index contributed by atoms with van der Waals surface area (Å²) in [6.45, 7) is 3.30. The van der Waals surface area contributed by atoms with Gasteiger partial charge in [-0.25, -0.2) is 9.18 Å². The maximum absolute atomic E-state index is 13.4. The number of ether oxygens (including phenoxy) is 1. The van der Waals surface area contributed by atoms with Crippen LogP contribution in [0.1, 0.15) is 24.2 Å². The number of aliphatic hydroxyl groups is 1. The second kappa shape index (κ2) is 5.27. The SMILES string of the molecule is CCOC(=O)C(O)c1ccc(C)c(F)c1Cl. The third-order valence-electron chi connectivity index (χ3n) is 2.11. The summed E-state index contributed by atoms with van der Waals surface area (Å²) in [5, 5.41) is 9.34. The van der Waals surface area contributed by atoms with E-state index in [2.05, 4.69) is 4.74 Å². The number of halogens is 2. The van der Waals surface area contributed by atoms with Crippen LogP contribution in [0.4, 0.5) is 4.39 Å². The molecule has 1 N–H and O–H groups in total. The van der Waals surface area contributed by atoms with Gasteiger partial charge in [-0.15, -0.1) is 0 Å². The van der Waals surface area contributed by atoms with Crippen LogP contribution < -0.4 is 0 Å². The molecule has 0 aromatic heterocycles. The fraction of sp³-hybridized carbons (Fsp3) is 0.364. The molecule has 1 unspecified atom stereocenters. The molecule has 1 rings (SSSR count). The third kappa shape index (κ3) is 2.51. The van der Waals surface area contributed by atoms with E-state index in [4.69, 9.17) is 11.6 Å². The lowest BCUT2D eigenvalue weighted by atomic mass is 10.1. The average Bonchev–Trinajstić information content (AvgIpc) is 2.26. The van der Waals surface area contributed by atoms with Crippen LogP contribution >= 0.6 is 11.6 Å². The van der Waals surface area contributed by atoms with Gasteiger partial charge in [0.15, 0.2) is 6.10 Å². The number of hydrogen-bond acceptors (Lipinski definition) is 3. The van der Waals surface area contributed by atoms with Gasteiger partial charge < -0.3 is 9.84 Å². The van der Waals surface area contributed by atoms with Gasteiger partial charge in [0, 0.05) is 5.56 Å². The molecule has 0 amide bonds. The number of carbonyl (C=O) groups is 1. The Balaban J connectivity index is 3.05. The summed E-state index contributed by atoms with van der Waals surface area (Å²) in [5.74, 6) is -1.48. The van der Waals surface area contributed by atoms with Crippen LogP contribution in [-0.2, 0) is 9.53 Å². The fourth-order valence-electron chi connectivity index (χ4n) is 1.22. The molecule has 1 aromatic rings. The van der Waals surface area contributed by atoms with Crippen molar-refractivity contribution in [1.82, 2.24) is 0 Å². The van der Waals surface area contributed by atoms with E-state index in [0.29, 0.717) is 5.56 Å². The molecule has 16 heavy (non-hydrogen) atoms. The Bertz CT molecular complexity index is 406. The Kier molecular flexibility index (Phi) is 4.26. The maximum atomic E-state index is 13.4. The highest BCUT2D eigenvalue weighted by Gasteiger charge is 2.23. The summed E-state index contributed by atoms with van der Waals surface area (Å²) >= 11 is 5.69. The van der Waals surface area contributed by atoms with E-state index in [0.717, 1.165) is 0 Å². The Morgan fingerprint density at radius 2 is 2.25 bits per heavy atom. The van der Waals surface area contributed by atoms with Crippen LogP contribution in [0.5, 0.6) is 0 Å². The number of hydrogen-bond donors (Lipinski definition) is 1. The van der Waals surface area contributed by atoms with Gasteiger partial charge in [0.05, 0.1) is 11.6 Å². The Morgan fingerprint density at radius 3 is 2.81 bits per heavy atom. The lowest BCUT2D eigenvalue weighted by molar-refractivity contribution is -0.153. The summed E-state index contributed by atoms with van der Waals surface area (Å²) in [5.41, 5.74) is 0.369. The van der Waals surface area contributed by atoms with Gasteiger partial charge >= 0.3 is 5.97 Å². The second-order valence-electron chi connectivity index (χ2n) is 3.25. The topological polar surface area (TPSA) is 46.5 Å². The van der Waals surface area contributed by atoms with Crippen LogP contribution in [0.3, 0.4) is 0 Å². The molecule has 0 bridgehead atoms. The summed E-state index contributed by atoms with van der Waals surface area (Å²) < 4.78 is 18.0. The van der Waals surface area contributed by atoms with Crippen molar-refractivity contribution in [2.24, 2.45) is 0 Å². The molecular weight excluding hydrogens is 235 g/mol. The van der Waals surface area contributed by atoms with Crippen molar-refractivity contribution in [2.45, 2.75) is 20.0 Å². The number of esters is 1. The van der Waals surface area contributed by atoms with Crippen molar-refractivity contribution < 1.29 is 19.0 Å². The van der Waals surface area contributed by atoms with Crippen molar-refractivity contribution in [3.8, 4) is 0 Å². The standard InChI is InChI=1S/C11H12ClFO3/c1-3-16-11(15)10(14)7-5-4-6(2)9(13)8(7)12/h4-5,10,14H,3H2,1-2H3. The summed E-state index contributed by atoms with van der Waals surface area (Å²) in [6, 6.07) is 2.85. The minimum Gasteiger partial charge on any atom is -0.464 e. The molecule has 0 saturated heterocycles. The smallest absolute Gasteiger partial charge is 0.339 e. The molecule has 0 spiro atoms. The fourth-order valence-corrected chi connectivity index (χ4v) is 1.54. The van der Waals surface area contributed by atoms with Crippen molar-refractivity contribution in [1.29, 1.82) is 0 Å². The largest absolute Gasteiger partial charge is 0.464 e. The predicted molar refractivity (Wildman–Crippen MR) is 57.7 cm³/mol. The van der Waals surface area contributed by atoms with Crippen molar-refractivity contribution in [2.75, 3.05) is 6.61 Å². The molecule has 0 saturated carbocycles. The molecule has 0 aliphatic heterocycles. The number of rotatable bonds is 3. The first-order valence-corrected chi connectivity index (χ1v) is 5.16. The Morgan fingerprint density at radius 1 is 1.62 bits per heavy atom. The second-order valence-corrected chi connectivity index (χ2v) is 3.63. The molecule has 0 heterocycles. The molecule has 5 heteroatoms. The first-order valence-electron chi connectivity index (χ1n) is 4.78. The highest BCUT2D eigenvalue weighted by atomic mass is 35.5. The first kappa shape index (κ1) is 12.9. The minimum atomic E-state index is -1.55. The molecule has 88 valence electrons. The summed E-state index contributed by atoms with van der Waals surface area (Å²) in [7, 11) is 0. The van der Waals surface area contributed by atoms with E-state index >= 15 is 0 Å². The molecule has 3 nitrogen and oxygen atoms in total. The first-order chi connectivity index (χ1) is 7.49. The highest BCUT2D eigenvalue weighted by molar-refractivity contribution is 6.31. The normalized spacial score (nSPS) is 12.3. The molecule has 1 atom stereocenters. The zero-order valence-electron chi connectivity index (χ0n) is 8.96. The van der Waals surface area contributed by atoms with Crippen LogP contribution in [-0.4, -0.2) is 17.7 Å². The van der Waals surface area contributed by atoms with Gasteiger partial charge in [0.1, 0.15) is 5.82 Å². The Labute approximate surface area is 97.8 Å². The quantitative estimate of drug-likeness (QED) is 0.833.